The van der Waals surface area contributed by atoms with Crippen molar-refractivity contribution in [3.05, 3.63) is 0 Å². The van der Waals surface area contributed by atoms with E-state index in [1.165, 1.54) is 0 Å². The molecule has 1 amide bonds. The number of hydrogen-bond acceptors (Lipinski definition) is 3. The summed E-state index contributed by atoms with van der Waals surface area (Å²) in [6.07, 6.45) is 6.98. The zero-order chi connectivity index (χ0) is 13.4. The summed E-state index contributed by atoms with van der Waals surface area (Å²) < 4.78 is 0. The van der Waals surface area contributed by atoms with Crippen LogP contribution in [0.5, 0.6) is 0 Å². The molecule has 1 aliphatic rings. The molecule has 0 aromatic heterocycles. The van der Waals surface area contributed by atoms with Crippen molar-refractivity contribution in [1.82, 2.24) is 4.90 Å². The lowest BCUT2D eigenvalue weighted by Crippen LogP contribution is -2.36. The number of amides is 1. The Morgan fingerprint density at radius 3 is 2.50 bits per heavy atom. The van der Waals surface area contributed by atoms with E-state index in [0.717, 1.165) is 45.1 Å². The van der Waals surface area contributed by atoms with E-state index in [0.29, 0.717) is 24.9 Å². The van der Waals surface area contributed by atoms with Crippen molar-refractivity contribution in [3.8, 4) is 0 Å². The molecule has 1 aliphatic carbocycles. The molecule has 0 aromatic rings. The maximum atomic E-state index is 12.2. The van der Waals surface area contributed by atoms with Crippen molar-refractivity contribution in [1.29, 1.82) is 0 Å². The molecule has 0 radical (unpaired) electrons. The zero-order valence-corrected chi connectivity index (χ0v) is 11.6. The Morgan fingerprint density at radius 2 is 1.94 bits per heavy atom. The van der Waals surface area contributed by atoms with Crippen molar-refractivity contribution < 1.29 is 9.90 Å². The Hall–Kier alpha value is -0.610. The largest absolute Gasteiger partial charge is 0.395 e. The van der Waals surface area contributed by atoms with Gasteiger partial charge in [0.1, 0.15) is 0 Å². The minimum atomic E-state index is 0.0605. The highest BCUT2D eigenvalue weighted by Crippen LogP contribution is 2.26. The van der Waals surface area contributed by atoms with E-state index >= 15 is 0 Å². The molecule has 1 saturated carbocycles. The maximum Gasteiger partial charge on any atom is 0.222 e. The van der Waals surface area contributed by atoms with Crippen LogP contribution in [0, 0.1) is 5.92 Å². The Kier molecular flexibility index (Phi) is 7.28. The number of nitrogens with zero attached hydrogens (tertiary/aromatic N) is 1. The second-order valence-corrected chi connectivity index (χ2v) is 5.44. The molecule has 0 unspecified atom stereocenters. The predicted molar refractivity (Wildman–Crippen MR) is 73.1 cm³/mol. The monoisotopic (exact) mass is 256 g/mol. The summed E-state index contributed by atoms with van der Waals surface area (Å²) in [5, 5.41) is 9.02. The summed E-state index contributed by atoms with van der Waals surface area (Å²) in [7, 11) is 0. The molecule has 0 aliphatic heterocycles. The molecule has 0 saturated heterocycles. The summed E-state index contributed by atoms with van der Waals surface area (Å²) in [5.74, 6) is 0.707. The molecule has 106 valence electrons. The van der Waals surface area contributed by atoms with Crippen LogP contribution < -0.4 is 5.73 Å². The van der Waals surface area contributed by atoms with Gasteiger partial charge >= 0.3 is 0 Å². The molecular weight excluding hydrogens is 228 g/mol. The van der Waals surface area contributed by atoms with E-state index in [1.54, 1.807) is 0 Å². The SMILES string of the molecule is CCCCN(CCO)C(=O)CC1CCC(N)CC1. The van der Waals surface area contributed by atoms with Gasteiger partial charge in [0.2, 0.25) is 5.91 Å². The molecule has 4 heteroatoms. The van der Waals surface area contributed by atoms with Gasteiger partial charge in [-0.05, 0) is 38.0 Å². The van der Waals surface area contributed by atoms with Gasteiger partial charge in [0.15, 0.2) is 0 Å². The zero-order valence-electron chi connectivity index (χ0n) is 11.6. The maximum absolute atomic E-state index is 12.2. The van der Waals surface area contributed by atoms with Crippen LogP contribution in [-0.2, 0) is 4.79 Å². The fourth-order valence-electron chi connectivity index (χ4n) is 2.60. The summed E-state index contributed by atoms with van der Waals surface area (Å²) >= 11 is 0. The van der Waals surface area contributed by atoms with Crippen molar-refractivity contribution in [2.24, 2.45) is 11.7 Å². The highest BCUT2D eigenvalue weighted by Gasteiger charge is 2.23. The van der Waals surface area contributed by atoms with Gasteiger partial charge in [-0.1, -0.05) is 13.3 Å². The van der Waals surface area contributed by atoms with Crippen molar-refractivity contribution >= 4 is 5.91 Å². The molecular formula is C14H28N2O2. The first kappa shape index (κ1) is 15.4. The van der Waals surface area contributed by atoms with Crippen LogP contribution in [0.3, 0.4) is 0 Å². The number of rotatable bonds is 7. The van der Waals surface area contributed by atoms with E-state index < -0.39 is 0 Å². The quantitative estimate of drug-likeness (QED) is 0.725. The van der Waals surface area contributed by atoms with Gasteiger partial charge in [0.25, 0.3) is 0 Å². The Labute approximate surface area is 111 Å². The first-order valence-electron chi connectivity index (χ1n) is 7.31. The lowest BCUT2D eigenvalue weighted by atomic mass is 9.84. The van der Waals surface area contributed by atoms with Crippen LogP contribution in [0.25, 0.3) is 0 Å². The average molecular weight is 256 g/mol. The number of aliphatic hydroxyl groups excluding tert-OH is 1. The van der Waals surface area contributed by atoms with E-state index in [4.69, 9.17) is 10.8 Å². The number of nitrogens with two attached hydrogens (primary N) is 1. The minimum Gasteiger partial charge on any atom is -0.395 e. The molecule has 0 bridgehead atoms. The van der Waals surface area contributed by atoms with Crippen LogP contribution in [0.4, 0.5) is 0 Å². The molecule has 1 fully saturated rings. The molecule has 0 aromatic carbocycles. The van der Waals surface area contributed by atoms with Crippen molar-refractivity contribution in [2.75, 3.05) is 19.7 Å². The molecule has 0 atom stereocenters. The van der Waals surface area contributed by atoms with Gasteiger partial charge in [-0.15, -0.1) is 0 Å². The third-order valence-electron chi connectivity index (χ3n) is 3.86. The van der Waals surface area contributed by atoms with Crippen LogP contribution in [0.1, 0.15) is 51.9 Å². The van der Waals surface area contributed by atoms with Crippen molar-refractivity contribution in [2.45, 2.75) is 57.9 Å². The fourth-order valence-corrected chi connectivity index (χ4v) is 2.60. The Balaban J connectivity index is 2.35. The number of aliphatic hydroxyl groups is 1. The number of hydrogen-bond donors (Lipinski definition) is 2. The Morgan fingerprint density at radius 1 is 1.28 bits per heavy atom. The third-order valence-corrected chi connectivity index (χ3v) is 3.86. The number of unbranched alkanes of at least 4 members (excludes halogenated alkanes) is 1. The number of carbonyl (C=O) groups excluding carboxylic acids is 1. The highest BCUT2D eigenvalue weighted by atomic mass is 16.3. The summed E-state index contributed by atoms with van der Waals surface area (Å²) in [6, 6.07) is 0.338. The molecule has 0 heterocycles. The molecule has 0 spiro atoms. The predicted octanol–water partition coefficient (Wildman–Crippen LogP) is 1.51. The molecule has 18 heavy (non-hydrogen) atoms. The topological polar surface area (TPSA) is 66.6 Å². The van der Waals surface area contributed by atoms with Gasteiger partial charge in [-0.25, -0.2) is 0 Å². The second kappa shape index (κ2) is 8.48. The standard InChI is InChI=1S/C14H28N2O2/c1-2-3-8-16(9-10-17)14(18)11-12-4-6-13(15)7-5-12/h12-13,17H,2-11,15H2,1H3. The van der Waals surface area contributed by atoms with Gasteiger partial charge in [0, 0.05) is 25.6 Å². The van der Waals surface area contributed by atoms with Crippen LogP contribution in [0.2, 0.25) is 0 Å². The second-order valence-electron chi connectivity index (χ2n) is 5.44. The smallest absolute Gasteiger partial charge is 0.222 e. The van der Waals surface area contributed by atoms with Crippen LogP contribution in [0.15, 0.2) is 0 Å². The van der Waals surface area contributed by atoms with Gasteiger partial charge in [-0.2, -0.15) is 0 Å². The average Bonchev–Trinajstić information content (AvgIpc) is 2.37. The number of carbonyl (C=O) groups is 1. The molecule has 4 nitrogen and oxygen atoms in total. The van der Waals surface area contributed by atoms with E-state index in [-0.39, 0.29) is 12.5 Å². The normalized spacial score (nSPS) is 23.9. The Bertz CT molecular complexity index is 238. The van der Waals surface area contributed by atoms with Crippen molar-refractivity contribution in [3.63, 3.8) is 0 Å². The van der Waals surface area contributed by atoms with E-state index in [9.17, 15) is 4.79 Å². The molecule has 3 N–H and O–H groups in total. The van der Waals surface area contributed by atoms with Crippen LogP contribution >= 0.6 is 0 Å². The molecule has 1 rings (SSSR count). The lowest BCUT2D eigenvalue weighted by Gasteiger charge is -2.28. The van der Waals surface area contributed by atoms with Gasteiger partial charge in [-0.3, -0.25) is 4.79 Å². The van der Waals surface area contributed by atoms with E-state index in [1.807, 2.05) is 4.90 Å². The fraction of sp³-hybridized carbons (Fsp3) is 0.929. The highest BCUT2D eigenvalue weighted by molar-refractivity contribution is 5.76. The first-order chi connectivity index (χ1) is 8.67. The van der Waals surface area contributed by atoms with Gasteiger partial charge in [0.05, 0.1) is 6.61 Å². The lowest BCUT2D eigenvalue weighted by molar-refractivity contribution is -0.133. The third kappa shape index (κ3) is 5.36. The minimum absolute atomic E-state index is 0.0605. The first-order valence-corrected chi connectivity index (χ1v) is 7.31. The van der Waals surface area contributed by atoms with Crippen LogP contribution in [-0.4, -0.2) is 41.7 Å². The summed E-state index contributed by atoms with van der Waals surface area (Å²) in [5.41, 5.74) is 5.87. The van der Waals surface area contributed by atoms with E-state index in [2.05, 4.69) is 6.92 Å². The summed E-state index contributed by atoms with van der Waals surface area (Å²) in [6.45, 7) is 3.43. The summed E-state index contributed by atoms with van der Waals surface area (Å²) in [4.78, 5) is 14.0. The van der Waals surface area contributed by atoms with Gasteiger partial charge < -0.3 is 15.7 Å².